The minimum absolute atomic E-state index is 0.731. The Morgan fingerprint density at radius 3 is 1.50 bits per heavy atom. The van der Waals surface area contributed by atoms with Crippen LogP contribution in [0, 0.1) is 0 Å². The van der Waals surface area contributed by atoms with Gasteiger partial charge in [-0.05, 0) is 33.7 Å². The second-order valence-corrected chi connectivity index (χ2v) is 3.18. The molecule has 0 N–H and O–H groups in total. The van der Waals surface area contributed by atoms with Crippen molar-refractivity contribution in [2.75, 3.05) is 7.05 Å². The number of nitrogens with zero attached hydrogens (tertiary/aromatic N) is 1. The Morgan fingerprint density at radius 1 is 1.00 bits per heavy atom. The van der Waals surface area contributed by atoms with Gasteiger partial charge in [0.05, 0.1) is 0 Å². The molecular formula is C9H21N. The number of hydrogen-bond acceptors (Lipinski definition) is 1. The van der Waals surface area contributed by atoms with Gasteiger partial charge in [-0.2, -0.15) is 0 Å². The summed E-state index contributed by atoms with van der Waals surface area (Å²) in [6.45, 7) is 9.05. The maximum absolute atomic E-state index is 2.44. The van der Waals surface area contributed by atoms with Gasteiger partial charge >= 0.3 is 0 Å². The highest BCUT2D eigenvalue weighted by atomic mass is 15.1. The summed E-state index contributed by atoms with van der Waals surface area (Å²) in [5.41, 5.74) is 0. The minimum atomic E-state index is 0.731. The molecule has 0 radical (unpaired) electrons. The molecule has 0 aliphatic rings. The van der Waals surface area contributed by atoms with Crippen LogP contribution in [0.3, 0.4) is 0 Å². The summed E-state index contributed by atoms with van der Waals surface area (Å²) in [6.07, 6.45) is 2.50. The molecule has 0 aliphatic carbocycles. The lowest BCUT2D eigenvalue weighted by Crippen LogP contribution is -2.35. The lowest BCUT2D eigenvalue weighted by molar-refractivity contribution is 0.187. The molecule has 10 heavy (non-hydrogen) atoms. The Hall–Kier alpha value is -0.0400. The molecule has 0 rings (SSSR count). The molecule has 2 unspecified atom stereocenters. The summed E-state index contributed by atoms with van der Waals surface area (Å²) >= 11 is 0. The second-order valence-electron chi connectivity index (χ2n) is 3.18. The van der Waals surface area contributed by atoms with Gasteiger partial charge in [-0.15, -0.1) is 0 Å². The summed E-state index contributed by atoms with van der Waals surface area (Å²) in [7, 11) is 2.21. The van der Waals surface area contributed by atoms with Gasteiger partial charge in [-0.1, -0.05) is 13.8 Å². The second kappa shape index (κ2) is 4.73. The van der Waals surface area contributed by atoms with Gasteiger partial charge < -0.3 is 4.90 Å². The maximum atomic E-state index is 2.44. The Labute approximate surface area is 65.4 Å². The summed E-state index contributed by atoms with van der Waals surface area (Å²) in [4.78, 5) is 2.44. The predicted molar refractivity (Wildman–Crippen MR) is 47.3 cm³/mol. The van der Waals surface area contributed by atoms with E-state index in [1.54, 1.807) is 0 Å². The van der Waals surface area contributed by atoms with Crippen LogP contribution in [0.2, 0.25) is 0 Å². The largest absolute Gasteiger partial charge is 0.301 e. The lowest BCUT2D eigenvalue weighted by Gasteiger charge is -2.29. The third kappa shape index (κ3) is 2.70. The van der Waals surface area contributed by atoms with Crippen molar-refractivity contribution >= 4 is 0 Å². The summed E-state index contributed by atoms with van der Waals surface area (Å²) in [6, 6.07) is 1.46. The summed E-state index contributed by atoms with van der Waals surface area (Å²) in [5.74, 6) is 0. The van der Waals surface area contributed by atoms with Crippen molar-refractivity contribution in [2.45, 2.75) is 52.6 Å². The Kier molecular flexibility index (Phi) is 4.71. The Morgan fingerprint density at radius 2 is 1.30 bits per heavy atom. The first kappa shape index (κ1) is 9.96. The van der Waals surface area contributed by atoms with E-state index in [2.05, 4.69) is 39.6 Å². The molecule has 0 aliphatic heterocycles. The first-order valence-corrected chi connectivity index (χ1v) is 4.35. The SMILES string of the molecule is CCC(C)N(C)C(C)CC. The smallest absolute Gasteiger partial charge is 0.00640 e. The van der Waals surface area contributed by atoms with E-state index in [-0.39, 0.29) is 0 Å². The van der Waals surface area contributed by atoms with Crippen molar-refractivity contribution in [2.24, 2.45) is 0 Å². The highest BCUT2D eigenvalue weighted by Gasteiger charge is 2.11. The van der Waals surface area contributed by atoms with E-state index in [0.29, 0.717) is 0 Å². The zero-order chi connectivity index (χ0) is 8.15. The molecule has 0 aromatic heterocycles. The predicted octanol–water partition coefficient (Wildman–Crippen LogP) is 2.52. The van der Waals surface area contributed by atoms with Crippen LogP contribution in [0.5, 0.6) is 0 Å². The third-order valence-electron chi connectivity index (χ3n) is 2.57. The van der Waals surface area contributed by atoms with Crippen molar-refractivity contribution in [3.8, 4) is 0 Å². The van der Waals surface area contributed by atoms with Gasteiger partial charge in [0.2, 0.25) is 0 Å². The van der Waals surface area contributed by atoms with Crippen LogP contribution in [0.15, 0.2) is 0 Å². The molecule has 0 bridgehead atoms. The summed E-state index contributed by atoms with van der Waals surface area (Å²) < 4.78 is 0. The van der Waals surface area contributed by atoms with Crippen LogP contribution >= 0.6 is 0 Å². The van der Waals surface area contributed by atoms with Crippen LogP contribution in [0.4, 0.5) is 0 Å². The van der Waals surface area contributed by atoms with Crippen molar-refractivity contribution in [3.05, 3.63) is 0 Å². The fraction of sp³-hybridized carbons (Fsp3) is 1.00. The lowest BCUT2D eigenvalue weighted by atomic mass is 10.1. The molecule has 0 aromatic carbocycles. The van der Waals surface area contributed by atoms with E-state index in [4.69, 9.17) is 0 Å². The highest BCUT2D eigenvalue weighted by molar-refractivity contribution is 4.66. The monoisotopic (exact) mass is 143 g/mol. The van der Waals surface area contributed by atoms with Crippen molar-refractivity contribution in [3.63, 3.8) is 0 Å². The fourth-order valence-electron chi connectivity index (χ4n) is 1.01. The van der Waals surface area contributed by atoms with E-state index >= 15 is 0 Å². The van der Waals surface area contributed by atoms with Crippen LogP contribution in [0.25, 0.3) is 0 Å². The molecule has 0 fully saturated rings. The molecule has 0 heterocycles. The first-order chi connectivity index (χ1) is 4.63. The van der Waals surface area contributed by atoms with Crippen LogP contribution < -0.4 is 0 Å². The van der Waals surface area contributed by atoms with Crippen molar-refractivity contribution < 1.29 is 0 Å². The van der Waals surface area contributed by atoms with Gasteiger partial charge in [0.15, 0.2) is 0 Å². The normalized spacial score (nSPS) is 17.4. The van der Waals surface area contributed by atoms with E-state index < -0.39 is 0 Å². The van der Waals surface area contributed by atoms with E-state index in [0.717, 1.165) is 12.1 Å². The molecule has 0 aromatic rings. The fourth-order valence-corrected chi connectivity index (χ4v) is 1.01. The zero-order valence-corrected chi connectivity index (χ0v) is 8.02. The highest BCUT2D eigenvalue weighted by Crippen LogP contribution is 2.07. The molecule has 0 saturated heterocycles. The average Bonchev–Trinajstić information content (AvgIpc) is 2.00. The van der Waals surface area contributed by atoms with Gasteiger partial charge in [0, 0.05) is 12.1 Å². The molecule has 1 heteroatoms. The molecule has 1 nitrogen and oxygen atoms in total. The quantitative estimate of drug-likeness (QED) is 0.584. The minimum Gasteiger partial charge on any atom is -0.301 e. The molecular weight excluding hydrogens is 122 g/mol. The Bertz CT molecular complexity index is 70.8. The van der Waals surface area contributed by atoms with Gasteiger partial charge in [-0.25, -0.2) is 0 Å². The summed E-state index contributed by atoms with van der Waals surface area (Å²) in [5, 5.41) is 0. The molecule has 0 amide bonds. The van der Waals surface area contributed by atoms with E-state index in [1.165, 1.54) is 12.8 Å². The molecule has 2 atom stereocenters. The van der Waals surface area contributed by atoms with Crippen molar-refractivity contribution in [1.29, 1.82) is 0 Å². The first-order valence-electron chi connectivity index (χ1n) is 4.35. The number of rotatable bonds is 4. The van der Waals surface area contributed by atoms with Crippen LogP contribution in [-0.2, 0) is 0 Å². The van der Waals surface area contributed by atoms with E-state index in [9.17, 15) is 0 Å². The van der Waals surface area contributed by atoms with E-state index in [1.807, 2.05) is 0 Å². The van der Waals surface area contributed by atoms with Crippen LogP contribution in [-0.4, -0.2) is 24.0 Å². The molecule has 0 spiro atoms. The van der Waals surface area contributed by atoms with Gasteiger partial charge in [0.1, 0.15) is 0 Å². The average molecular weight is 143 g/mol. The number of hydrogen-bond donors (Lipinski definition) is 0. The standard InChI is InChI=1S/C9H21N/c1-6-8(3)10(5)9(4)7-2/h8-9H,6-7H2,1-5H3. The van der Waals surface area contributed by atoms with Crippen molar-refractivity contribution in [1.82, 2.24) is 4.90 Å². The maximum Gasteiger partial charge on any atom is 0.00640 e. The van der Waals surface area contributed by atoms with Gasteiger partial charge in [0.25, 0.3) is 0 Å². The Balaban J connectivity index is 3.69. The third-order valence-corrected chi connectivity index (χ3v) is 2.57. The van der Waals surface area contributed by atoms with Gasteiger partial charge in [-0.3, -0.25) is 0 Å². The topological polar surface area (TPSA) is 3.24 Å². The van der Waals surface area contributed by atoms with Crippen LogP contribution in [0.1, 0.15) is 40.5 Å². The molecule has 62 valence electrons. The molecule has 0 saturated carbocycles. The zero-order valence-electron chi connectivity index (χ0n) is 8.02.